The van der Waals surface area contributed by atoms with Crippen LogP contribution in [-0.2, 0) is 15.0 Å². The molecule has 1 amide bonds. The van der Waals surface area contributed by atoms with Crippen LogP contribution in [0, 0.1) is 12.7 Å². The van der Waals surface area contributed by atoms with E-state index in [0.29, 0.717) is 0 Å². The summed E-state index contributed by atoms with van der Waals surface area (Å²) >= 11 is 0. The van der Waals surface area contributed by atoms with Gasteiger partial charge in [0.05, 0.1) is 18.8 Å². The maximum absolute atomic E-state index is 13.3. The Balaban J connectivity index is 2.30. The summed E-state index contributed by atoms with van der Waals surface area (Å²) in [6.07, 6.45) is 0. The molecular weight excluding hydrogens is 433 g/mol. The van der Waals surface area contributed by atoms with Crippen molar-refractivity contribution in [1.82, 2.24) is 9.62 Å². The molecule has 0 aliphatic heterocycles. The third-order valence-electron chi connectivity index (χ3n) is 5.23. The number of benzene rings is 2. The van der Waals surface area contributed by atoms with E-state index < -0.39 is 28.5 Å². The minimum absolute atomic E-state index is 0.200. The van der Waals surface area contributed by atoms with Gasteiger partial charge < -0.3 is 10.1 Å². The van der Waals surface area contributed by atoms with Crippen molar-refractivity contribution in [3.8, 4) is 5.75 Å². The minimum atomic E-state index is -3.97. The van der Waals surface area contributed by atoms with Gasteiger partial charge in [0.15, 0.2) is 0 Å². The second-order valence-corrected chi connectivity index (χ2v) is 10.2. The highest BCUT2D eigenvalue weighted by molar-refractivity contribution is 7.90. The number of rotatable bonds is 9. The summed E-state index contributed by atoms with van der Waals surface area (Å²) in [6, 6.07) is 8.56. The molecule has 2 aromatic carbocycles. The molecule has 2 aromatic rings. The number of halogens is 1. The van der Waals surface area contributed by atoms with E-state index in [1.165, 1.54) is 26.2 Å². The third-order valence-corrected chi connectivity index (χ3v) is 7.05. The van der Waals surface area contributed by atoms with Crippen molar-refractivity contribution in [3.05, 3.63) is 58.9 Å². The van der Waals surface area contributed by atoms with Gasteiger partial charge in [-0.2, -0.15) is 12.7 Å². The van der Waals surface area contributed by atoms with Gasteiger partial charge in [-0.15, -0.1) is 0 Å². The molecule has 0 spiro atoms. The van der Waals surface area contributed by atoms with Crippen LogP contribution < -0.4 is 14.4 Å². The number of ether oxygens (including phenoxy) is 1. The van der Waals surface area contributed by atoms with Gasteiger partial charge in [-0.25, -0.2) is 8.70 Å². The van der Waals surface area contributed by atoms with Gasteiger partial charge in [-0.1, -0.05) is 13.8 Å². The van der Waals surface area contributed by atoms with Crippen LogP contribution in [0.15, 0.2) is 36.4 Å². The predicted octanol–water partition coefficient (Wildman–Crippen LogP) is 3.76. The van der Waals surface area contributed by atoms with Crippen molar-refractivity contribution in [3.63, 3.8) is 0 Å². The Morgan fingerprint density at radius 3 is 2.19 bits per heavy atom. The van der Waals surface area contributed by atoms with Gasteiger partial charge in [0.1, 0.15) is 18.1 Å². The fraction of sp³-hybridized carbons (Fsp3) is 0.435. The highest BCUT2D eigenvalue weighted by Crippen LogP contribution is 2.32. The summed E-state index contributed by atoms with van der Waals surface area (Å²) in [5.41, 5.74) is 3.10. The number of anilines is 1. The maximum atomic E-state index is 13.3. The summed E-state index contributed by atoms with van der Waals surface area (Å²) in [5, 5.41) is 2.88. The van der Waals surface area contributed by atoms with E-state index in [1.54, 1.807) is 7.11 Å². The minimum Gasteiger partial charge on any atom is -0.496 e. The summed E-state index contributed by atoms with van der Waals surface area (Å²) in [7, 11) is 0.408. The molecule has 2 rings (SSSR count). The summed E-state index contributed by atoms with van der Waals surface area (Å²) in [6.45, 7) is 7.47. The molecule has 0 radical (unpaired) electrons. The standard InChI is InChI=1S/C23H32FN3O4S/c1-15(2)20-13-21(16(3)12-22(20)31-7)17(4)25-23(28)14-27(32(29,30)26(5)6)19-10-8-18(24)9-11-19/h8-13,15,17H,14H2,1-7H3,(H,25,28). The average molecular weight is 466 g/mol. The van der Waals surface area contributed by atoms with Crippen LogP contribution in [-0.4, -0.2) is 46.4 Å². The monoisotopic (exact) mass is 465 g/mol. The maximum Gasteiger partial charge on any atom is 0.304 e. The Labute approximate surface area is 190 Å². The molecule has 0 aromatic heterocycles. The van der Waals surface area contributed by atoms with E-state index in [2.05, 4.69) is 19.2 Å². The van der Waals surface area contributed by atoms with Crippen LogP contribution in [0.3, 0.4) is 0 Å². The third kappa shape index (κ3) is 5.77. The highest BCUT2D eigenvalue weighted by atomic mass is 32.2. The fourth-order valence-electron chi connectivity index (χ4n) is 3.42. The smallest absolute Gasteiger partial charge is 0.304 e. The Morgan fingerprint density at radius 1 is 1.09 bits per heavy atom. The van der Waals surface area contributed by atoms with Crippen LogP contribution in [0.5, 0.6) is 5.75 Å². The first-order valence-corrected chi connectivity index (χ1v) is 11.7. The van der Waals surface area contributed by atoms with Crippen LogP contribution in [0.2, 0.25) is 0 Å². The van der Waals surface area contributed by atoms with E-state index in [-0.39, 0.29) is 17.6 Å². The highest BCUT2D eigenvalue weighted by Gasteiger charge is 2.28. The molecule has 1 atom stereocenters. The zero-order valence-corrected chi connectivity index (χ0v) is 20.5. The van der Waals surface area contributed by atoms with E-state index >= 15 is 0 Å². The van der Waals surface area contributed by atoms with E-state index in [4.69, 9.17) is 4.74 Å². The number of hydrogen-bond donors (Lipinski definition) is 1. The van der Waals surface area contributed by atoms with E-state index in [1.807, 2.05) is 26.0 Å². The van der Waals surface area contributed by atoms with Gasteiger partial charge in [-0.3, -0.25) is 4.79 Å². The Kier molecular flexibility index (Phi) is 8.25. The number of nitrogens with one attached hydrogen (secondary N) is 1. The zero-order chi connectivity index (χ0) is 24.2. The lowest BCUT2D eigenvalue weighted by Gasteiger charge is -2.28. The second kappa shape index (κ2) is 10.3. The topological polar surface area (TPSA) is 79.0 Å². The number of methoxy groups -OCH3 is 1. The number of hydrogen-bond acceptors (Lipinski definition) is 4. The molecule has 0 bridgehead atoms. The van der Waals surface area contributed by atoms with Crippen molar-refractivity contribution < 1.29 is 22.3 Å². The van der Waals surface area contributed by atoms with Crippen molar-refractivity contribution >= 4 is 21.8 Å². The Hall–Kier alpha value is -2.65. The largest absolute Gasteiger partial charge is 0.496 e. The molecule has 7 nitrogen and oxygen atoms in total. The lowest BCUT2D eigenvalue weighted by Crippen LogP contribution is -2.46. The average Bonchev–Trinajstić information content (AvgIpc) is 2.71. The number of carbonyl (C=O) groups is 1. The molecule has 0 saturated carbocycles. The summed E-state index contributed by atoms with van der Waals surface area (Å²) < 4.78 is 46.4. The lowest BCUT2D eigenvalue weighted by molar-refractivity contribution is -0.120. The first-order valence-electron chi connectivity index (χ1n) is 10.3. The van der Waals surface area contributed by atoms with Crippen molar-refractivity contribution in [2.24, 2.45) is 0 Å². The lowest BCUT2D eigenvalue weighted by atomic mass is 9.93. The molecule has 32 heavy (non-hydrogen) atoms. The molecule has 0 fully saturated rings. The van der Waals surface area contributed by atoms with Crippen LogP contribution in [0.1, 0.15) is 49.4 Å². The number of nitrogens with zero attached hydrogens (tertiary/aromatic N) is 2. The van der Waals surface area contributed by atoms with Crippen molar-refractivity contribution in [1.29, 1.82) is 0 Å². The fourth-order valence-corrected chi connectivity index (χ4v) is 4.48. The normalized spacial score (nSPS) is 12.7. The van der Waals surface area contributed by atoms with Gasteiger partial charge in [0.2, 0.25) is 5.91 Å². The summed E-state index contributed by atoms with van der Waals surface area (Å²) in [4.78, 5) is 12.9. The first kappa shape index (κ1) is 25.6. The molecule has 176 valence electrons. The molecule has 9 heteroatoms. The first-order chi connectivity index (χ1) is 14.9. The molecule has 0 aliphatic carbocycles. The number of aryl methyl sites for hydroxylation is 1. The Morgan fingerprint density at radius 2 is 1.69 bits per heavy atom. The molecule has 0 saturated heterocycles. The number of amides is 1. The SMILES string of the molecule is COc1cc(C)c(C(C)NC(=O)CN(c2ccc(F)cc2)S(=O)(=O)N(C)C)cc1C(C)C. The van der Waals surface area contributed by atoms with Crippen molar-refractivity contribution in [2.75, 3.05) is 32.1 Å². The molecule has 1 N–H and O–H groups in total. The van der Waals surface area contributed by atoms with Gasteiger partial charge in [0, 0.05) is 14.1 Å². The molecule has 1 unspecified atom stereocenters. The van der Waals surface area contributed by atoms with Crippen molar-refractivity contribution in [2.45, 2.75) is 39.7 Å². The van der Waals surface area contributed by atoms with E-state index in [9.17, 15) is 17.6 Å². The predicted molar refractivity (Wildman–Crippen MR) is 125 cm³/mol. The van der Waals surface area contributed by atoms with Crippen LogP contribution >= 0.6 is 0 Å². The van der Waals surface area contributed by atoms with Gasteiger partial charge in [0.25, 0.3) is 0 Å². The van der Waals surface area contributed by atoms with E-state index in [0.717, 1.165) is 43.2 Å². The van der Waals surface area contributed by atoms with Gasteiger partial charge in [-0.05, 0) is 72.9 Å². The zero-order valence-electron chi connectivity index (χ0n) is 19.6. The second-order valence-electron chi connectivity index (χ2n) is 8.17. The quantitative estimate of drug-likeness (QED) is 0.612. The molecule has 0 heterocycles. The number of carbonyl (C=O) groups excluding carboxylic acids is 1. The van der Waals surface area contributed by atoms with Crippen LogP contribution in [0.25, 0.3) is 0 Å². The van der Waals surface area contributed by atoms with Crippen LogP contribution in [0.4, 0.5) is 10.1 Å². The van der Waals surface area contributed by atoms with Gasteiger partial charge >= 0.3 is 10.2 Å². The molecule has 0 aliphatic rings. The Bertz CT molecular complexity index is 1050. The molecular formula is C23H32FN3O4S. The summed E-state index contributed by atoms with van der Waals surface area (Å²) in [5.74, 6) is 0.0456.